The first-order valence-electron chi connectivity index (χ1n) is 8.80. The fourth-order valence-electron chi connectivity index (χ4n) is 2.66. The Hall–Kier alpha value is -3.75. The highest BCUT2D eigenvalue weighted by molar-refractivity contribution is 5.66. The number of aromatic nitrogens is 3. The smallest absolute Gasteiger partial charge is 0.244 e. The van der Waals surface area contributed by atoms with E-state index in [9.17, 15) is 0 Å². The summed E-state index contributed by atoms with van der Waals surface area (Å²) >= 11 is 0. The zero-order valence-corrected chi connectivity index (χ0v) is 16.7. The Balaban J connectivity index is 1.72. The summed E-state index contributed by atoms with van der Waals surface area (Å²) in [7, 11) is 6.32. The van der Waals surface area contributed by atoms with Gasteiger partial charge < -0.3 is 29.6 Å². The monoisotopic (exact) mass is 397 g/mol. The summed E-state index contributed by atoms with van der Waals surface area (Å²) in [4.78, 5) is 4.44. The second kappa shape index (κ2) is 9.45. The molecule has 2 N–H and O–H groups in total. The van der Waals surface area contributed by atoms with Crippen LogP contribution in [0, 0.1) is 0 Å². The molecule has 1 heterocycles. The number of rotatable bonds is 9. The molecule has 1 aromatic heterocycles. The van der Waals surface area contributed by atoms with Gasteiger partial charge in [-0.2, -0.15) is 10.1 Å². The van der Waals surface area contributed by atoms with Crippen LogP contribution in [-0.4, -0.2) is 43.6 Å². The summed E-state index contributed by atoms with van der Waals surface area (Å²) < 4.78 is 21.2. The Morgan fingerprint density at radius 3 is 2.14 bits per heavy atom. The maximum Gasteiger partial charge on any atom is 0.244 e. The SMILES string of the molecule is COc1ccc(CNc2nncc(Nc3cc(OC)c(OC)c(OC)c3)n2)cc1. The molecule has 3 rings (SSSR count). The van der Waals surface area contributed by atoms with E-state index in [1.807, 2.05) is 24.3 Å². The minimum atomic E-state index is 0.401. The van der Waals surface area contributed by atoms with Crippen molar-refractivity contribution in [2.45, 2.75) is 6.54 Å². The molecule has 0 aliphatic heterocycles. The van der Waals surface area contributed by atoms with Crippen LogP contribution in [0.5, 0.6) is 23.0 Å². The maximum absolute atomic E-state index is 5.37. The lowest BCUT2D eigenvalue weighted by molar-refractivity contribution is 0.324. The third-order valence-corrected chi connectivity index (χ3v) is 4.11. The molecule has 0 amide bonds. The molecule has 29 heavy (non-hydrogen) atoms. The van der Waals surface area contributed by atoms with E-state index >= 15 is 0 Å². The van der Waals surface area contributed by atoms with E-state index in [1.165, 1.54) is 6.20 Å². The molecule has 152 valence electrons. The number of methoxy groups -OCH3 is 4. The van der Waals surface area contributed by atoms with Crippen molar-refractivity contribution >= 4 is 17.5 Å². The largest absolute Gasteiger partial charge is 0.497 e. The van der Waals surface area contributed by atoms with Crippen LogP contribution in [-0.2, 0) is 6.54 Å². The number of nitrogens with one attached hydrogen (secondary N) is 2. The maximum atomic E-state index is 5.37. The van der Waals surface area contributed by atoms with Gasteiger partial charge in [0.25, 0.3) is 0 Å². The second-order valence-electron chi connectivity index (χ2n) is 5.91. The highest BCUT2D eigenvalue weighted by atomic mass is 16.5. The quantitative estimate of drug-likeness (QED) is 0.563. The van der Waals surface area contributed by atoms with Crippen LogP contribution >= 0.6 is 0 Å². The average molecular weight is 397 g/mol. The van der Waals surface area contributed by atoms with Crippen LogP contribution in [0.1, 0.15) is 5.56 Å². The molecule has 0 aliphatic rings. The van der Waals surface area contributed by atoms with Gasteiger partial charge in [0.2, 0.25) is 11.7 Å². The lowest BCUT2D eigenvalue weighted by Gasteiger charge is -2.15. The molecule has 0 radical (unpaired) electrons. The van der Waals surface area contributed by atoms with Gasteiger partial charge in [0.1, 0.15) is 5.75 Å². The summed E-state index contributed by atoms with van der Waals surface area (Å²) in [6.07, 6.45) is 1.53. The molecular weight excluding hydrogens is 374 g/mol. The minimum Gasteiger partial charge on any atom is -0.497 e. The van der Waals surface area contributed by atoms with Gasteiger partial charge in [-0.05, 0) is 17.7 Å². The van der Waals surface area contributed by atoms with Gasteiger partial charge in [-0.15, -0.1) is 5.10 Å². The Morgan fingerprint density at radius 1 is 0.862 bits per heavy atom. The highest BCUT2D eigenvalue weighted by Crippen LogP contribution is 2.40. The van der Waals surface area contributed by atoms with E-state index < -0.39 is 0 Å². The fourth-order valence-corrected chi connectivity index (χ4v) is 2.66. The number of nitrogens with zero attached hydrogens (tertiary/aromatic N) is 3. The standard InChI is InChI=1S/C20H23N5O4/c1-26-15-7-5-13(6-8-15)11-21-20-24-18(12-22-25-20)23-14-9-16(27-2)19(29-4)17(10-14)28-3/h5-10,12H,11H2,1-4H3,(H2,21,23,24,25). The van der Waals surface area contributed by atoms with E-state index in [-0.39, 0.29) is 0 Å². The van der Waals surface area contributed by atoms with Crippen molar-refractivity contribution in [1.29, 1.82) is 0 Å². The zero-order valence-electron chi connectivity index (χ0n) is 16.7. The van der Waals surface area contributed by atoms with E-state index in [0.29, 0.717) is 41.2 Å². The first-order chi connectivity index (χ1) is 14.2. The predicted octanol–water partition coefficient (Wildman–Crippen LogP) is 3.26. The molecule has 9 heteroatoms. The lowest BCUT2D eigenvalue weighted by atomic mass is 10.2. The Kier molecular flexibility index (Phi) is 6.51. The van der Waals surface area contributed by atoms with Crippen molar-refractivity contribution in [2.75, 3.05) is 39.1 Å². The summed E-state index contributed by atoms with van der Waals surface area (Å²) in [5.41, 5.74) is 1.78. The van der Waals surface area contributed by atoms with Crippen molar-refractivity contribution in [2.24, 2.45) is 0 Å². The molecule has 2 aromatic carbocycles. The molecule has 0 saturated heterocycles. The van der Waals surface area contributed by atoms with Gasteiger partial charge in [0.15, 0.2) is 17.3 Å². The van der Waals surface area contributed by atoms with Gasteiger partial charge in [-0.1, -0.05) is 12.1 Å². The molecule has 0 bridgehead atoms. The normalized spacial score (nSPS) is 10.2. The number of hydrogen-bond donors (Lipinski definition) is 2. The molecule has 0 spiro atoms. The van der Waals surface area contributed by atoms with Gasteiger partial charge >= 0.3 is 0 Å². The van der Waals surface area contributed by atoms with Gasteiger partial charge in [0, 0.05) is 24.4 Å². The Labute approximate surface area is 169 Å². The first kappa shape index (κ1) is 20.0. The molecule has 0 aliphatic carbocycles. The lowest BCUT2D eigenvalue weighted by Crippen LogP contribution is -2.06. The van der Waals surface area contributed by atoms with Gasteiger partial charge in [0.05, 0.1) is 34.6 Å². The number of anilines is 3. The minimum absolute atomic E-state index is 0.401. The van der Waals surface area contributed by atoms with E-state index in [0.717, 1.165) is 11.3 Å². The van der Waals surface area contributed by atoms with Crippen LogP contribution in [0.25, 0.3) is 0 Å². The molecule has 3 aromatic rings. The highest BCUT2D eigenvalue weighted by Gasteiger charge is 2.13. The number of benzene rings is 2. The van der Waals surface area contributed by atoms with Crippen molar-refractivity contribution < 1.29 is 18.9 Å². The van der Waals surface area contributed by atoms with Crippen molar-refractivity contribution in [3.63, 3.8) is 0 Å². The average Bonchev–Trinajstić information content (AvgIpc) is 2.77. The third-order valence-electron chi connectivity index (χ3n) is 4.11. The third kappa shape index (κ3) is 4.95. The summed E-state index contributed by atoms with van der Waals surface area (Å²) in [6.45, 7) is 0.555. The zero-order chi connectivity index (χ0) is 20.6. The number of hydrogen-bond acceptors (Lipinski definition) is 9. The van der Waals surface area contributed by atoms with Gasteiger partial charge in [-0.25, -0.2) is 0 Å². The summed E-state index contributed by atoms with van der Waals surface area (Å²) in [5, 5.41) is 14.3. The molecule has 0 saturated carbocycles. The molecule has 0 atom stereocenters. The van der Waals surface area contributed by atoms with Crippen molar-refractivity contribution in [3.05, 3.63) is 48.2 Å². The summed E-state index contributed by atoms with van der Waals surface area (Å²) in [5.74, 6) is 3.32. The van der Waals surface area contributed by atoms with Crippen LogP contribution in [0.3, 0.4) is 0 Å². The first-order valence-corrected chi connectivity index (χ1v) is 8.80. The van der Waals surface area contributed by atoms with Crippen molar-refractivity contribution in [3.8, 4) is 23.0 Å². The molecular formula is C20H23N5O4. The second-order valence-corrected chi connectivity index (χ2v) is 5.91. The predicted molar refractivity (Wildman–Crippen MR) is 110 cm³/mol. The van der Waals surface area contributed by atoms with E-state index in [2.05, 4.69) is 25.8 Å². The topological polar surface area (TPSA) is 99.7 Å². The molecule has 0 unspecified atom stereocenters. The van der Waals surface area contributed by atoms with E-state index in [1.54, 1.807) is 40.6 Å². The Bertz CT molecular complexity index is 925. The van der Waals surface area contributed by atoms with Crippen molar-refractivity contribution in [1.82, 2.24) is 15.2 Å². The summed E-state index contributed by atoms with van der Waals surface area (Å²) in [6, 6.07) is 11.3. The Morgan fingerprint density at radius 2 is 1.55 bits per heavy atom. The molecule has 9 nitrogen and oxygen atoms in total. The van der Waals surface area contributed by atoms with Gasteiger partial charge in [-0.3, -0.25) is 0 Å². The van der Waals surface area contributed by atoms with Crippen LogP contribution in [0.2, 0.25) is 0 Å². The van der Waals surface area contributed by atoms with Crippen LogP contribution in [0.15, 0.2) is 42.6 Å². The fraction of sp³-hybridized carbons (Fsp3) is 0.250. The van der Waals surface area contributed by atoms with Crippen LogP contribution < -0.4 is 29.6 Å². The molecule has 0 fully saturated rings. The van der Waals surface area contributed by atoms with Crippen LogP contribution in [0.4, 0.5) is 17.5 Å². The number of ether oxygens (including phenoxy) is 4. The van der Waals surface area contributed by atoms with E-state index in [4.69, 9.17) is 18.9 Å².